The van der Waals surface area contributed by atoms with Crippen molar-refractivity contribution in [1.29, 1.82) is 0 Å². The van der Waals surface area contributed by atoms with Crippen molar-refractivity contribution in [2.75, 3.05) is 0 Å². The fraction of sp³-hybridized carbons (Fsp3) is 0.136. The van der Waals surface area contributed by atoms with Crippen molar-refractivity contribution in [2.45, 2.75) is 19.4 Å². The molecule has 5 nitrogen and oxygen atoms in total. The molecule has 0 fully saturated rings. The Balaban J connectivity index is 1.89. The van der Waals surface area contributed by atoms with E-state index in [4.69, 9.17) is 16.1 Å². The second-order valence-corrected chi connectivity index (χ2v) is 7.17. The zero-order chi connectivity index (χ0) is 19.1. The van der Waals surface area contributed by atoms with Gasteiger partial charge >= 0.3 is 0 Å². The highest BCUT2D eigenvalue weighted by atomic mass is 35.5. The third-order valence-electron chi connectivity index (χ3n) is 5.13. The molecule has 0 N–H and O–H groups in total. The van der Waals surface area contributed by atoms with Gasteiger partial charge < -0.3 is 9.09 Å². The predicted molar refractivity (Wildman–Crippen MR) is 108 cm³/mol. The van der Waals surface area contributed by atoms with Crippen LogP contribution in [0.5, 0.6) is 0 Å². The molecule has 4 aromatic rings. The summed E-state index contributed by atoms with van der Waals surface area (Å²) in [5.74, 6) is 0. The molecule has 5 rings (SSSR count). The van der Waals surface area contributed by atoms with Gasteiger partial charge in [-0.2, -0.15) is 0 Å². The number of benzene rings is 1. The van der Waals surface area contributed by atoms with Gasteiger partial charge in [0.2, 0.25) is 5.22 Å². The van der Waals surface area contributed by atoms with E-state index in [9.17, 15) is 4.79 Å². The molecule has 3 aromatic heterocycles. The first-order valence-electron chi connectivity index (χ1n) is 9.11. The Morgan fingerprint density at radius 3 is 2.68 bits per heavy atom. The largest absolute Gasteiger partial charge is 0.344 e. The minimum atomic E-state index is -0.101. The van der Waals surface area contributed by atoms with Crippen LogP contribution in [0.15, 0.2) is 70.2 Å². The second kappa shape index (κ2) is 6.77. The van der Waals surface area contributed by atoms with Crippen LogP contribution in [0.25, 0.3) is 33.6 Å². The molecule has 0 saturated heterocycles. The Bertz CT molecular complexity index is 1230. The van der Waals surface area contributed by atoms with Crippen LogP contribution in [0.2, 0.25) is 5.22 Å². The molecule has 1 aliphatic rings. The molecule has 28 heavy (non-hydrogen) atoms. The summed E-state index contributed by atoms with van der Waals surface area (Å²) in [5.41, 5.74) is 5.91. The van der Waals surface area contributed by atoms with E-state index in [2.05, 4.69) is 10.1 Å². The molecule has 0 unspecified atom stereocenters. The van der Waals surface area contributed by atoms with Gasteiger partial charge in [0.25, 0.3) is 5.56 Å². The van der Waals surface area contributed by atoms with E-state index < -0.39 is 0 Å². The first-order chi connectivity index (χ1) is 13.7. The Hall–Kier alpha value is -3.18. The van der Waals surface area contributed by atoms with E-state index >= 15 is 0 Å². The van der Waals surface area contributed by atoms with Gasteiger partial charge in [-0.3, -0.25) is 9.78 Å². The lowest BCUT2D eigenvalue weighted by Crippen LogP contribution is -2.24. The molecule has 1 aliphatic heterocycles. The minimum absolute atomic E-state index is 0.101. The summed E-state index contributed by atoms with van der Waals surface area (Å²) in [6.07, 6.45) is 5.44. The third-order valence-corrected chi connectivity index (χ3v) is 5.30. The molecule has 0 saturated carbocycles. The highest BCUT2D eigenvalue weighted by molar-refractivity contribution is 6.29. The average molecular weight is 390 g/mol. The van der Waals surface area contributed by atoms with E-state index in [1.165, 1.54) is 5.56 Å². The lowest BCUT2D eigenvalue weighted by Gasteiger charge is -2.18. The van der Waals surface area contributed by atoms with Crippen LogP contribution in [-0.2, 0) is 13.0 Å². The maximum Gasteiger partial charge on any atom is 0.260 e. The zero-order valence-corrected chi connectivity index (χ0v) is 15.7. The van der Waals surface area contributed by atoms with Crippen molar-refractivity contribution in [1.82, 2.24) is 14.7 Å². The fourth-order valence-electron chi connectivity index (χ4n) is 3.85. The number of nitrogens with zero attached hydrogens (tertiary/aromatic N) is 3. The van der Waals surface area contributed by atoms with Crippen LogP contribution in [-0.4, -0.2) is 14.7 Å². The molecule has 0 spiro atoms. The summed E-state index contributed by atoms with van der Waals surface area (Å²) in [5, 5.41) is 4.12. The maximum atomic E-state index is 13.4. The first kappa shape index (κ1) is 17.0. The molecular weight excluding hydrogens is 374 g/mol. The monoisotopic (exact) mass is 389 g/mol. The topological polar surface area (TPSA) is 60.9 Å². The quantitative estimate of drug-likeness (QED) is 0.492. The SMILES string of the molecule is O=c1c(-c2cc(Cl)on2)cc(-c2ccccc2)c2n1CCCc1ccncc1-2. The number of aryl methyl sites for hydroxylation is 1. The van der Waals surface area contributed by atoms with E-state index in [-0.39, 0.29) is 10.8 Å². The summed E-state index contributed by atoms with van der Waals surface area (Å²) in [4.78, 5) is 17.7. The van der Waals surface area contributed by atoms with Gasteiger partial charge in [0.15, 0.2) is 0 Å². The second-order valence-electron chi connectivity index (χ2n) is 6.80. The number of hydrogen-bond donors (Lipinski definition) is 0. The zero-order valence-electron chi connectivity index (χ0n) is 14.9. The number of hydrogen-bond acceptors (Lipinski definition) is 4. The highest BCUT2D eigenvalue weighted by Crippen LogP contribution is 2.37. The van der Waals surface area contributed by atoms with Crippen LogP contribution in [0.1, 0.15) is 12.0 Å². The lowest BCUT2D eigenvalue weighted by molar-refractivity contribution is 0.424. The number of pyridine rings is 2. The molecule has 138 valence electrons. The van der Waals surface area contributed by atoms with Crippen molar-refractivity contribution in [3.8, 4) is 33.6 Å². The van der Waals surface area contributed by atoms with Crippen molar-refractivity contribution in [2.24, 2.45) is 0 Å². The highest BCUT2D eigenvalue weighted by Gasteiger charge is 2.23. The Morgan fingerprint density at radius 1 is 1.04 bits per heavy atom. The van der Waals surface area contributed by atoms with Crippen LogP contribution in [0.3, 0.4) is 0 Å². The summed E-state index contributed by atoms with van der Waals surface area (Å²) in [7, 11) is 0. The summed E-state index contributed by atoms with van der Waals surface area (Å²) in [6, 6.07) is 15.5. The van der Waals surface area contributed by atoms with Crippen LogP contribution in [0, 0.1) is 0 Å². The smallest absolute Gasteiger partial charge is 0.260 e. The lowest BCUT2D eigenvalue weighted by atomic mass is 9.95. The fourth-order valence-corrected chi connectivity index (χ4v) is 3.99. The van der Waals surface area contributed by atoms with Gasteiger partial charge in [-0.25, -0.2) is 0 Å². The molecule has 1 aromatic carbocycles. The molecule has 0 amide bonds. The van der Waals surface area contributed by atoms with E-state index in [1.807, 2.05) is 53.2 Å². The van der Waals surface area contributed by atoms with Crippen LogP contribution in [0.4, 0.5) is 0 Å². The van der Waals surface area contributed by atoms with Crippen molar-refractivity contribution < 1.29 is 4.52 Å². The molecule has 0 bridgehead atoms. The van der Waals surface area contributed by atoms with E-state index in [0.717, 1.165) is 35.2 Å². The predicted octanol–water partition coefficient (Wildman–Crippen LogP) is 4.83. The number of aromatic nitrogens is 3. The van der Waals surface area contributed by atoms with Gasteiger partial charge in [0.1, 0.15) is 5.69 Å². The van der Waals surface area contributed by atoms with Crippen molar-refractivity contribution in [3.05, 3.63) is 82.1 Å². The van der Waals surface area contributed by atoms with E-state index in [0.29, 0.717) is 17.8 Å². The first-order valence-corrected chi connectivity index (χ1v) is 9.49. The average Bonchev–Trinajstić information content (AvgIpc) is 3.06. The van der Waals surface area contributed by atoms with Crippen LogP contribution >= 0.6 is 11.6 Å². The van der Waals surface area contributed by atoms with Gasteiger partial charge in [0.05, 0.1) is 11.3 Å². The standard InChI is InChI=1S/C22H16ClN3O2/c23-20-12-19(25-28-20)17-11-16(14-5-2-1-3-6-14)21-18-13-24-9-8-15(18)7-4-10-26(21)22(17)27/h1-3,5-6,8-9,11-13H,4,7,10H2. The molecule has 4 heterocycles. The Labute approximate surface area is 166 Å². The van der Waals surface area contributed by atoms with Gasteiger partial charge in [-0.1, -0.05) is 35.5 Å². The molecule has 0 aliphatic carbocycles. The molecular formula is C22H16ClN3O2. The number of rotatable bonds is 2. The van der Waals surface area contributed by atoms with Crippen molar-refractivity contribution >= 4 is 11.6 Å². The summed E-state index contributed by atoms with van der Waals surface area (Å²) in [6.45, 7) is 0.627. The normalized spacial score (nSPS) is 12.9. The van der Waals surface area contributed by atoms with Gasteiger partial charge in [-0.15, -0.1) is 0 Å². The Morgan fingerprint density at radius 2 is 1.89 bits per heavy atom. The number of fused-ring (bicyclic) bond motifs is 3. The van der Waals surface area contributed by atoms with E-state index in [1.54, 1.807) is 12.3 Å². The maximum absolute atomic E-state index is 13.4. The summed E-state index contributed by atoms with van der Waals surface area (Å²) < 4.78 is 6.84. The Kier molecular flexibility index (Phi) is 4.10. The van der Waals surface area contributed by atoms with Gasteiger partial charge in [0, 0.05) is 36.1 Å². The van der Waals surface area contributed by atoms with Gasteiger partial charge in [-0.05, 0) is 47.7 Å². The van der Waals surface area contributed by atoms with Crippen molar-refractivity contribution in [3.63, 3.8) is 0 Å². The minimum Gasteiger partial charge on any atom is -0.344 e. The van der Waals surface area contributed by atoms with Crippen LogP contribution < -0.4 is 5.56 Å². The third kappa shape index (κ3) is 2.75. The molecule has 0 atom stereocenters. The number of halogens is 1. The molecule has 0 radical (unpaired) electrons. The summed E-state index contributed by atoms with van der Waals surface area (Å²) >= 11 is 5.91. The molecule has 6 heteroatoms.